The topological polar surface area (TPSA) is 84.9 Å². The Labute approximate surface area is 170 Å². The van der Waals surface area contributed by atoms with Crippen molar-refractivity contribution in [2.24, 2.45) is 0 Å². The maximum atomic E-state index is 12.5. The van der Waals surface area contributed by atoms with Gasteiger partial charge in [0, 0.05) is 18.2 Å². The van der Waals surface area contributed by atoms with Gasteiger partial charge in [0.25, 0.3) is 0 Å². The Morgan fingerprint density at radius 1 is 1.03 bits per heavy atom. The zero-order chi connectivity index (χ0) is 20.4. The summed E-state index contributed by atoms with van der Waals surface area (Å²) >= 11 is 0. The van der Waals surface area contributed by atoms with Crippen LogP contribution in [0.2, 0.25) is 0 Å². The van der Waals surface area contributed by atoms with Crippen LogP contribution in [-0.2, 0) is 21.2 Å². The van der Waals surface area contributed by atoms with Gasteiger partial charge in [-0.25, -0.2) is 17.9 Å². The van der Waals surface area contributed by atoms with Crippen LogP contribution in [-0.4, -0.2) is 57.5 Å². The van der Waals surface area contributed by atoms with Gasteiger partial charge in [0.05, 0.1) is 12.3 Å². The van der Waals surface area contributed by atoms with Gasteiger partial charge in [0.2, 0.25) is 10.0 Å². The van der Waals surface area contributed by atoms with Crippen LogP contribution < -0.4 is 9.46 Å². The van der Waals surface area contributed by atoms with Gasteiger partial charge in [-0.2, -0.15) is 0 Å². The molecule has 1 saturated heterocycles. The third-order valence-electron chi connectivity index (χ3n) is 5.31. The number of carbonyl (C=O) groups is 1. The van der Waals surface area contributed by atoms with Crippen LogP contribution in [0.15, 0.2) is 48.5 Å². The number of para-hydroxylation sites is 1. The van der Waals surface area contributed by atoms with E-state index in [2.05, 4.69) is 4.72 Å². The average molecular weight is 416 g/mol. The van der Waals surface area contributed by atoms with Gasteiger partial charge in [0.15, 0.2) is 0 Å². The van der Waals surface area contributed by atoms with E-state index in [9.17, 15) is 13.2 Å². The number of rotatable bonds is 3. The Hall–Kier alpha value is -2.58. The molecule has 1 N–H and O–H groups in total. The predicted molar refractivity (Wildman–Crippen MR) is 109 cm³/mol. The standard InChI is InChI=1S/C21H24N2O5S/c1-29(25,26)22-18-10-11-23-19(18)14-16-8-5-9-17(15-6-3-2-4-7-15)20(16)27-12-13-28-21(23)24/h2-9,18-19,22H,10-14H2,1H3. The summed E-state index contributed by atoms with van der Waals surface area (Å²) in [5.41, 5.74) is 2.94. The average Bonchev–Trinajstić information content (AvgIpc) is 3.07. The van der Waals surface area contributed by atoms with E-state index in [4.69, 9.17) is 9.47 Å². The molecule has 2 aliphatic rings. The fourth-order valence-electron chi connectivity index (χ4n) is 4.09. The van der Waals surface area contributed by atoms with Crippen molar-refractivity contribution in [3.63, 3.8) is 0 Å². The number of sulfonamides is 1. The first-order valence-corrected chi connectivity index (χ1v) is 11.5. The lowest BCUT2D eigenvalue weighted by Gasteiger charge is -2.30. The second-order valence-corrected chi connectivity index (χ2v) is 9.15. The first kappa shape index (κ1) is 19.7. The zero-order valence-electron chi connectivity index (χ0n) is 16.2. The zero-order valence-corrected chi connectivity index (χ0v) is 17.0. The molecule has 8 heteroatoms. The lowest BCUT2D eigenvalue weighted by molar-refractivity contribution is 0.0800. The third kappa shape index (κ3) is 4.38. The number of benzene rings is 2. The summed E-state index contributed by atoms with van der Waals surface area (Å²) in [6.07, 6.45) is 1.72. The fourth-order valence-corrected chi connectivity index (χ4v) is 4.91. The maximum Gasteiger partial charge on any atom is 0.410 e. The van der Waals surface area contributed by atoms with E-state index in [1.807, 2.05) is 48.5 Å². The molecule has 1 fully saturated rings. The number of fused-ring (bicyclic) bond motifs is 2. The molecule has 0 aliphatic carbocycles. The number of hydrogen-bond acceptors (Lipinski definition) is 5. The summed E-state index contributed by atoms with van der Waals surface area (Å²) in [5.74, 6) is 0.751. The lowest BCUT2D eigenvalue weighted by Crippen LogP contribution is -2.48. The molecule has 7 nitrogen and oxygen atoms in total. The molecule has 2 unspecified atom stereocenters. The van der Waals surface area contributed by atoms with Crippen LogP contribution in [0.25, 0.3) is 11.1 Å². The summed E-state index contributed by atoms with van der Waals surface area (Å²) in [5, 5.41) is 0. The molecule has 4 rings (SSSR count). The fraction of sp³-hybridized carbons (Fsp3) is 0.381. The van der Waals surface area contributed by atoms with Gasteiger partial charge < -0.3 is 14.4 Å². The molecule has 0 aromatic heterocycles. The van der Waals surface area contributed by atoms with E-state index in [-0.39, 0.29) is 25.3 Å². The number of hydrogen-bond donors (Lipinski definition) is 1. The van der Waals surface area contributed by atoms with Gasteiger partial charge in [-0.05, 0) is 24.0 Å². The molecule has 2 atom stereocenters. The molecule has 2 heterocycles. The summed E-state index contributed by atoms with van der Waals surface area (Å²) in [4.78, 5) is 14.1. The Morgan fingerprint density at radius 2 is 1.79 bits per heavy atom. The van der Waals surface area contributed by atoms with E-state index in [0.29, 0.717) is 19.4 Å². The van der Waals surface area contributed by atoms with E-state index in [1.54, 1.807) is 4.90 Å². The predicted octanol–water partition coefficient (Wildman–Crippen LogP) is 2.42. The molecule has 1 amide bonds. The Kier molecular flexibility index (Phi) is 5.47. The minimum Gasteiger partial charge on any atom is -0.489 e. The molecular formula is C21H24N2O5S. The van der Waals surface area contributed by atoms with Crippen LogP contribution in [0.3, 0.4) is 0 Å². The molecule has 0 radical (unpaired) electrons. The number of ether oxygens (including phenoxy) is 2. The molecule has 154 valence electrons. The third-order valence-corrected chi connectivity index (χ3v) is 6.04. The monoisotopic (exact) mass is 416 g/mol. The van der Waals surface area contributed by atoms with Crippen LogP contribution in [0.5, 0.6) is 5.75 Å². The highest BCUT2D eigenvalue weighted by Gasteiger charge is 2.40. The van der Waals surface area contributed by atoms with Crippen LogP contribution in [0.4, 0.5) is 4.79 Å². The second-order valence-electron chi connectivity index (χ2n) is 7.37. The highest BCUT2D eigenvalue weighted by atomic mass is 32.2. The van der Waals surface area contributed by atoms with Crippen molar-refractivity contribution >= 4 is 16.1 Å². The van der Waals surface area contributed by atoms with Gasteiger partial charge in [0.1, 0.15) is 19.0 Å². The highest BCUT2D eigenvalue weighted by Crippen LogP contribution is 2.36. The second kappa shape index (κ2) is 8.04. The minimum atomic E-state index is -3.40. The Balaban J connectivity index is 1.74. The van der Waals surface area contributed by atoms with Gasteiger partial charge >= 0.3 is 6.09 Å². The Morgan fingerprint density at radius 3 is 2.55 bits per heavy atom. The summed E-state index contributed by atoms with van der Waals surface area (Å²) in [6, 6.07) is 15.2. The molecule has 29 heavy (non-hydrogen) atoms. The summed E-state index contributed by atoms with van der Waals surface area (Å²) < 4.78 is 37.8. The highest BCUT2D eigenvalue weighted by molar-refractivity contribution is 7.88. The van der Waals surface area contributed by atoms with Crippen LogP contribution in [0, 0.1) is 0 Å². The van der Waals surface area contributed by atoms with Crippen molar-refractivity contribution in [3.05, 3.63) is 54.1 Å². The summed E-state index contributed by atoms with van der Waals surface area (Å²) in [6.45, 7) is 0.839. The smallest absolute Gasteiger partial charge is 0.410 e. The maximum absolute atomic E-state index is 12.5. The van der Waals surface area contributed by atoms with Crippen LogP contribution in [0.1, 0.15) is 12.0 Å². The number of nitrogens with zero attached hydrogens (tertiary/aromatic N) is 1. The van der Waals surface area contributed by atoms with E-state index >= 15 is 0 Å². The first-order valence-electron chi connectivity index (χ1n) is 9.63. The number of nitrogens with one attached hydrogen (secondary N) is 1. The van der Waals surface area contributed by atoms with Gasteiger partial charge in [-0.15, -0.1) is 0 Å². The van der Waals surface area contributed by atoms with Crippen molar-refractivity contribution in [3.8, 4) is 16.9 Å². The van der Waals surface area contributed by atoms with E-state index < -0.39 is 16.1 Å². The number of cyclic esters (lactones) is 1. The minimum absolute atomic E-state index is 0.134. The van der Waals surface area contributed by atoms with E-state index in [0.717, 1.165) is 28.7 Å². The molecule has 0 spiro atoms. The number of amides is 1. The normalized spacial score (nSPS) is 22.2. The van der Waals surface area contributed by atoms with Crippen molar-refractivity contribution in [1.82, 2.24) is 9.62 Å². The lowest BCUT2D eigenvalue weighted by atomic mass is 9.95. The molecule has 0 bridgehead atoms. The van der Waals surface area contributed by atoms with Crippen LogP contribution >= 0.6 is 0 Å². The largest absolute Gasteiger partial charge is 0.489 e. The van der Waals surface area contributed by atoms with Crippen molar-refractivity contribution in [2.45, 2.75) is 24.9 Å². The van der Waals surface area contributed by atoms with Gasteiger partial charge in [-0.3, -0.25) is 0 Å². The quantitative estimate of drug-likeness (QED) is 0.831. The molecule has 2 aromatic carbocycles. The number of carbonyl (C=O) groups excluding carboxylic acids is 1. The molecule has 2 aromatic rings. The van der Waals surface area contributed by atoms with Crippen molar-refractivity contribution in [1.29, 1.82) is 0 Å². The summed E-state index contributed by atoms with van der Waals surface area (Å²) in [7, 11) is -3.40. The molecular weight excluding hydrogens is 392 g/mol. The Bertz CT molecular complexity index is 993. The van der Waals surface area contributed by atoms with Gasteiger partial charge in [-0.1, -0.05) is 48.5 Å². The SMILES string of the molecule is CS(=O)(=O)NC1CCN2C(=O)OCCOc3c(cccc3-c3ccccc3)CC12. The molecule has 2 aliphatic heterocycles. The molecule has 0 saturated carbocycles. The van der Waals surface area contributed by atoms with Crippen molar-refractivity contribution in [2.75, 3.05) is 26.0 Å². The van der Waals surface area contributed by atoms with Crippen molar-refractivity contribution < 1.29 is 22.7 Å². The van der Waals surface area contributed by atoms with E-state index in [1.165, 1.54) is 0 Å². The first-order chi connectivity index (χ1) is 13.9.